The van der Waals surface area contributed by atoms with Crippen LogP contribution in [0.1, 0.15) is 29.0 Å². The number of nitrogens with one attached hydrogen (secondary N) is 1. The highest BCUT2D eigenvalue weighted by molar-refractivity contribution is 6.30. The molecule has 2 heterocycles. The van der Waals surface area contributed by atoms with Gasteiger partial charge in [0.1, 0.15) is 5.82 Å². The van der Waals surface area contributed by atoms with Crippen LogP contribution in [0.3, 0.4) is 0 Å². The highest BCUT2D eigenvalue weighted by Crippen LogP contribution is 2.49. The molecule has 5 rings (SSSR count). The Hall–Kier alpha value is -3.02. The SMILES string of the molecule is COc1cccc2c1OC(c1cccc(Cl)c1)N1NC(c3ccc(F)cc3)=CC21. The minimum absolute atomic E-state index is 0.0853. The van der Waals surface area contributed by atoms with E-state index < -0.39 is 6.23 Å². The van der Waals surface area contributed by atoms with Crippen LogP contribution < -0.4 is 14.9 Å². The van der Waals surface area contributed by atoms with Gasteiger partial charge in [0, 0.05) is 16.1 Å². The zero-order valence-corrected chi connectivity index (χ0v) is 16.4. The van der Waals surface area contributed by atoms with Gasteiger partial charge in [0.25, 0.3) is 0 Å². The number of ether oxygens (including phenoxy) is 2. The van der Waals surface area contributed by atoms with Crippen LogP contribution in [0.15, 0.2) is 72.8 Å². The molecule has 1 N–H and O–H groups in total. The molecule has 0 spiro atoms. The molecule has 0 aromatic heterocycles. The molecule has 146 valence electrons. The molecule has 3 aromatic carbocycles. The van der Waals surface area contributed by atoms with Gasteiger partial charge in [-0.3, -0.25) is 0 Å². The van der Waals surface area contributed by atoms with Crippen molar-refractivity contribution in [3.8, 4) is 11.5 Å². The molecule has 2 atom stereocenters. The fourth-order valence-electron chi connectivity index (χ4n) is 3.83. The Morgan fingerprint density at radius 2 is 1.86 bits per heavy atom. The first kappa shape index (κ1) is 18.0. The van der Waals surface area contributed by atoms with Gasteiger partial charge >= 0.3 is 0 Å². The summed E-state index contributed by atoms with van der Waals surface area (Å²) in [6.07, 6.45) is 1.70. The molecule has 29 heavy (non-hydrogen) atoms. The summed E-state index contributed by atoms with van der Waals surface area (Å²) in [5.74, 6) is 1.12. The number of hydrazine groups is 1. The molecule has 2 aliphatic rings. The minimum atomic E-state index is -0.420. The molecule has 3 aromatic rings. The van der Waals surface area contributed by atoms with Gasteiger partial charge in [-0.1, -0.05) is 35.9 Å². The Morgan fingerprint density at radius 3 is 2.62 bits per heavy atom. The molecule has 2 aliphatic heterocycles. The van der Waals surface area contributed by atoms with Gasteiger partial charge in [-0.05, 0) is 54.1 Å². The predicted octanol–water partition coefficient (Wildman–Crippen LogP) is 5.48. The maximum Gasteiger partial charge on any atom is 0.196 e. The fourth-order valence-corrected chi connectivity index (χ4v) is 4.03. The molecule has 4 nitrogen and oxygen atoms in total. The fraction of sp³-hybridized carbons (Fsp3) is 0.130. The number of benzene rings is 3. The predicted molar refractivity (Wildman–Crippen MR) is 110 cm³/mol. The average molecular weight is 409 g/mol. The highest BCUT2D eigenvalue weighted by atomic mass is 35.5. The molecule has 0 fully saturated rings. The van der Waals surface area contributed by atoms with Crippen molar-refractivity contribution in [1.82, 2.24) is 10.4 Å². The molecular weight excluding hydrogens is 391 g/mol. The van der Waals surface area contributed by atoms with E-state index in [1.54, 1.807) is 19.2 Å². The van der Waals surface area contributed by atoms with Crippen molar-refractivity contribution in [2.45, 2.75) is 12.3 Å². The van der Waals surface area contributed by atoms with E-state index in [2.05, 4.69) is 11.5 Å². The van der Waals surface area contributed by atoms with Crippen molar-refractivity contribution in [3.63, 3.8) is 0 Å². The van der Waals surface area contributed by atoms with E-state index in [-0.39, 0.29) is 11.9 Å². The van der Waals surface area contributed by atoms with Gasteiger partial charge in [-0.2, -0.15) is 5.01 Å². The van der Waals surface area contributed by atoms with Crippen LogP contribution in [0.4, 0.5) is 4.39 Å². The second-order valence-corrected chi connectivity index (χ2v) is 7.39. The molecule has 0 radical (unpaired) electrons. The van der Waals surface area contributed by atoms with E-state index in [1.807, 2.05) is 47.5 Å². The lowest BCUT2D eigenvalue weighted by molar-refractivity contribution is -0.0342. The Bertz CT molecular complexity index is 1100. The van der Waals surface area contributed by atoms with E-state index in [0.29, 0.717) is 16.5 Å². The molecular formula is C23H18ClFN2O2. The Kier molecular flexibility index (Phi) is 4.42. The van der Waals surface area contributed by atoms with Crippen LogP contribution in [0.25, 0.3) is 5.70 Å². The minimum Gasteiger partial charge on any atom is -0.493 e. The third kappa shape index (κ3) is 3.12. The summed E-state index contributed by atoms with van der Waals surface area (Å²) in [5.41, 5.74) is 7.14. The van der Waals surface area contributed by atoms with Crippen LogP contribution in [0, 0.1) is 5.82 Å². The summed E-state index contributed by atoms with van der Waals surface area (Å²) in [5, 5.41) is 2.67. The summed E-state index contributed by atoms with van der Waals surface area (Å²) < 4.78 is 25.3. The summed E-state index contributed by atoms with van der Waals surface area (Å²) in [6, 6.07) is 19.8. The monoisotopic (exact) mass is 408 g/mol. The first-order valence-electron chi connectivity index (χ1n) is 9.26. The van der Waals surface area contributed by atoms with Crippen molar-refractivity contribution >= 4 is 17.3 Å². The standard InChI is InChI=1S/C23H18ClFN2O2/c1-28-21-7-3-6-18-20-13-19(14-8-10-17(25)11-9-14)26-27(20)23(29-22(18)21)15-4-2-5-16(24)12-15/h2-13,20,23,26H,1H3. The van der Waals surface area contributed by atoms with Gasteiger partial charge in [0.2, 0.25) is 0 Å². The normalized spacial score (nSPS) is 20.2. The van der Waals surface area contributed by atoms with Crippen molar-refractivity contribution in [1.29, 1.82) is 0 Å². The first-order chi connectivity index (χ1) is 14.1. The van der Waals surface area contributed by atoms with Gasteiger partial charge in [0.15, 0.2) is 17.7 Å². The molecule has 0 aliphatic carbocycles. The number of hydrogen-bond donors (Lipinski definition) is 1. The quantitative estimate of drug-likeness (QED) is 0.622. The molecule has 0 bridgehead atoms. The molecule has 2 unspecified atom stereocenters. The van der Waals surface area contributed by atoms with Crippen molar-refractivity contribution in [2.24, 2.45) is 0 Å². The Balaban J connectivity index is 1.62. The number of fused-ring (bicyclic) bond motifs is 3. The molecule has 0 amide bonds. The topological polar surface area (TPSA) is 33.7 Å². The smallest absolute Gasteiger partial charge is 0.196 e. The average Bonchev–Trinajstić information content (AvgIpc) is 3.19. The van der Waals surface area contributed by atoms with Crippen LogP contribution in [0.5, 0.6) is 11.5 Å². The summed E-state index contributed by atoms with van der Waals surface area (Å²) >= 11 is 6.24. The van der Waals surface area contributed by atoms with Gasteiger partial charge < -0.3 is 14.9 Å². The number of para-hydroxylation sites is 1. The molecule has 0 saturated heterocycles. The van der Waals surface area contributed by atoms with E-state index in [9.17, 15) is 4.39 Å². The second-order valence-electron chi connectivity index (χ2n) is 6.95. The van der Waals surface area contributed by atoms with Gasteiger partial charge in [-0.15, -0.1) is 0 Å². The third-order valence-electron chi connectivity index (χ3n) is 5.19. The molecule has 6 heteroatoms. The second kappa shape index (κ2) is 7.10. The van der Waals surface area contributed by atoms with Gasteiger partial charge in [0.05, 0.1) is 18.8 Å². The van der Waals surface area contributed by atoms with Crippen LogP contribution >= 0.6 is 11.6 Å². The van der Waals surface area contributed by atoms with Crippen LogP contribution in [-0.2, 0) is 0 Å². The summed E-state index contributed by atoms with van der Waals surface area (Å²) in [6.45, 7) is 0. The van der Waals surface area contributed by atoms with Crippen molar-refractivity contribution < 1.29 is 13.9 Å². The van der Waals surface area contributed by atoms with Gasteiger partial charge in [-0.25, -0.2) is 4.39 Å². The highest BCUT2D eigenvalue weighted by Gasteiger charge is 2.41. The number of hydrogen-bond acceptors (Lipinski definition) is 4. The lowest BCUT2D eigenvalue weighted by Crippen LogP contribution is -2.43. The van der Waals surface area contributed by atoms with E-state index >= 15 is 0 Å². The Labute approximate surface area is 173 Å². The largest absolute Gasteiger partial charge is 0.493 e. The summed E-state index contributed by atoms with van der Waals surface area (Å²) in [7, 11) is 1.63. The lowest BCUT2D eigenvalue weighted by atomic mass is 10.00. The zero-order chi connectivity index (χ0) is 20.0. The van der Waals surface area contributed by atoms with Crippen LogP contribution in [-0.4, -0.2) is 12.1 Å². The third-order valence-corrected chi connectivity index (χ3v) is 5.43. The zero-order valence-electron chi connectivity index (χ0n) is 15.6. The lowest BCUT2D eigenvalue weighted by Gasteiger charge is -2.39. The van der Waals surface area contributed by atoms with E-state index in [4.69, 9.17) is 21.1 Å². The summed E-state index contributed by atoms with van der Waals surface area (Å²) in [4.78, 5) is 0. The first-order valence-corrected chi connectivity index (χ1v) is 9.63. The Morgan fingerprint density at radius 1 is 1.07 bits per heavy atom. The number of rotatable bonds is 3. The number of halogens is 2. The van der Waals surface area contributed by atoms with Crippen LogP contribution in [0.2, 0.25) is 5.02 Å². The van der Waals surface area contributed by atoms with E-state index in [0.717, 1.165) is 22.4 Å². The number of nitrogens with zero attached hydrogens (tertiary/aromatic N) is 1. The number of methoxy groups -OCH3 is 1. The van der Waals surface area contributed by atoms with E-state index in [1.165, 1.54) is 12.1 Å². The molecule has 0 saturated carbocycles. The van der Waals surface area contributed by atoms with Crippen molar-refractivity contribution in [3.05, 3.63) is 100 Å². The van der Waals surface area contributed by atoms with Crippen molar-refractivity contribution in [2.75, 3.05) is 7.11 Å². The maximum atomic E-state index is 13.4. The maximum absolute atomic E-state index is 13.4.